The Morgan fingerprint density at radius 3 is 2.68 bits per heavy atom. The number of ether oxygens (including phenoxy) is 1. The predicted molar refractivity (Wildman–Crippen MR) is 105 cm³/mol. The number of halogens is 1. The number of nitrogens with one attached hydrogen (secondary N) is 2. The van der Waals surface area contributed by atoms with Crippen molar-refractivity contribution >= 4 is 34.6 Å². The van der Waals surface area contributed by atoms with Crippen molar-refractivity contribution in [2.75, 3.05) is 12.4 Å². The summed E-state index contributed by atoms with van der Waals surface area (Å²) in [6.45, 7) is 0.625. The van der Waals surface area contributed by atoms with Gasteiger partial charge in [0, 0.05) is 30.3 Å². The second-order valence-electron chi connectivity index (χ2n) is 5.29. The summed E-state index contributed by atoms with van der Waals surface area (Å²) < 4.78 is 7.09. The Kier molecular flexibility index (Phi) is 5.53. The molecule has 0 aliphatic carbocycles. The van der Waals surface area contributed by atoms with E-state index in [1.807, 2.05) is 29.0 Å². The van der Waals surface area contributed by atoms with Crippen molar-refractivity contribution in [2.24, 2.45) is 0 Å². The van der Waals surface area contributed by atoms with E-state index in [-0.39, 0.29) is 0 Å². The van der Waals surface area contributed by atoms with Gasteiger partial charge in [-0.25, -0.2) is 4.98 Å². The first-order valence-electron chi connectivity index (χ1n) is 7.61. The molecule has 0 saturated carbocycles. The van der Waals surface area contributed by atoms with Gasteiger partial charge in [-0.05, 0) is 48.1 Å². The number of anilines is 1. The Balaban J connectivity index is 1.54. The molecule has 0 saturated heterocycles. The highest BCUT2D eigenvalue weighted by Gasteiger charge is 2.04. The molecule has 128 valence electrons. The lowest BCUT2D eigenvalue weighted by molar-refractivity contribution is 0.415. The number of nitrogens with zero attached hydrogens (tertiary/aromatic N) is 2. The minimum absolute atomic E-state index is 0.528. The molecular formula is C18H17ClN4OS. The normalized spacial score (nSPS) is 10.3. The summed E-state index contributed by atoms with van der Waals surface area (Å²) in [5.41, 5.74) is 2.99. The number of hydrogen-bond acceptors (Lipinski definition) is 3. The Morgan fingerprint density at radius 1 is 1.24 bits per heavy atom. The summed E-state index contributed by atoms with van der Waals surface area (Å²) in [7, 11) is 1.58. The van der Waals surface area contributed by atoms with E-state index in [0.717, 1.165) is 16.9 Å². The quantitative estimate of drug-likeness (QED) is 0.662. The Bertz CT molecular complexity index is 850. The molecule has 3 aromatic rings. The zero-order valence-electron chi connectivity index (χ0n) is 13.6. The van der Waals surface area contributed by atoms with Gasteiger partial charge in [0.15, 0.2) is 5.11 Å². The van der Waals surface area contributed by atoms with Crippen molar-refractivity contribution in [1.29, 1.82) is 0 Å². The van der Waals surface area contributed by atoms with Crippen LogP contribution in [0.4, 0.5) is 5.69 Å². The monoisotopic (exact) mass is 372 g/mol. The molecule has 0 radical (unpaired) electrons. The number of methoxy groups -OCH3 is 1. The third kappa shape index (κ3) is 4.49. The predicted octanol–water partition coefficient (Wildman–Crippen LogP) is 4.02. The molecule has 0 amide bonds. The molecule has 2 aromatic carbocycles. The smallest absolute Gasteiger partial charge is 0.171 e. The van der Waals surface area contributed by atoms with Crippen LogP contribution in [0.1, 0.15) is 5.56 Å². The molecule has 0 spiro atoms. The molecule has 0 aliphatic heterocycles. The summed E-state index contributed by atoms with van der Waals surface area (Å²) in [6, 6.07) is 13.6. The average molecular weight is 373 g/mol. The summed E-state index contributed by atoms with van der Waals surface area (Å²) in [5, 5.41) is 7.34. The third-order valence-electron chi connectivity index (χ3n) is 3.60. The fourth-order valence-electron chi connectivity index (χ4n) is 2.30. The number of rotatable bonds is 5. The summed E-state index contributed by atoms with van der Waals surface area (Å²) in [6.07, 6.45) is 5.43. The van der Waals surface area contributed by atoms with Gasteiger partial charge in [0.2, 0.25) is 0 Å². The summed E-state index contributed by atoms with van der Waals surface area (Å²) in [4.78, 5) is 4.05. The van der Waals surface area contributed by atoms with Crippen molar-refractivity contribution in [3.63, 3.8) is 0 Å². The molecule has 2 N–H and O–H groups in total. The van der Waals surface area contributed by atoms with Crippen LogP contribution in [0.5, 0.6) is 5.75 Å². The minimum Gasteiger partial charge on any atom is -0.495 e. The maximum absolute atomic E-state index is 6.11. The van der Waals surface area contributed by atoms with Gasteiger partial charge in [-0.15, -0.1) is 0 Å². The van der Waals surface area contributed by atoms with E-state index >= 15 is 0 Å². The number of imidazole rings is 1. The molecule has 0 unspecified atom stereocenters. The number of hydrogen-bond donors (Lipinski definition) is 2. The highest BCUT2D eigenvalue weighted by Crippen LogP contribution is 2.27. The van der Waals surface area contributed by atoms with Crippen molar-refractivity contribution < 1.29 is 4.74 Å². The molecule has 0 fully saturated rings. The topological polar surface area (TPSA) is 51.1 Å². The molecule has 25 heavy (non-hydrogen) atoms. The van der Waals surface area contributed by atoms with Crippen LogP contribution in [0.2, 0.25) is 5.02 Å². The van der Waals surface area contributed by atoms with Crippen LogP contribution in [-0.2, 0) is 6.54 Å². The SMILES string of the molecule is COc1ccc(NC(=S)NCc2ccc(-n3ccnc3)cc2)cc1Cl. The van der Waals surface area contributed by atoms with Crippen LogP contribution >= 0.6 is 23.8 Å². The van der Waals surface area contributed by atoms with Crippen LogP contribution in [0.15, 0.2) is 61.2 Å². The van der Waals surface area contributed by atoms with Crippen LogP contribution in [0.3, 0.4) is 0 Å². The highest BCUT2D eigenvalue weighted by atomic mass is 35.5. The number of thiocarbonyl (C=S) groups is 1. The number of benzene rings is 2. The first-order valence-corrected chi connectivity index (χ1v) is 8.40. The van der Waals surface area contributed by atoms with E-state index in [0.29, 0.717) is 22.4 Å². The standard InChI is InChI=1S/C18H17ClN4OS/c1-24-17-7-4-14(10-16(17)19)22-18(25)21-11-13-2-5-15(6-3-13)23-9-8-20-12-23/h2-10,12H,11H2,1H3,(H2,21,22,25). The lowest BCUT2D eigenvalue weighted by Gasteiger charge is -2.12. The minimum atomic E-state index is 0.528. The molecule has 0 aliphatic rings. The first-order chi connectivity index (χ1) is 12.2. The van der Waals surface area contributed by atoms with Crippen LogP contribution < -0.4 is 15.4 Å². The average Bonchev–Trinajstić information content (AvgIpc) is 3.15. The fraction of sp³-hybridized carbons (Fsp3) is 0.111. The zero-order chi connectivity index (χ0) is 17.6. The molecule has 0 bridgehead atoms. The van der Waals surface area contributed by atoms with Crippen molar-refractivity contribution in [2.45, 2.75) is 6.54 Å². The van der Waals surface area contributed by atoms with Crippen LogP contribution in [0, 0.1) is 0 Å². The molecular weight excluding hydrogens is 356 g/mol. The van der Waals surface area contributed by atoms with Gasteiger partial charge in [0.25, 0.3) is 0 Å². The summed E-state index contributed by atoms with van der Waals surface area (Å²) in [5.74, 6) is 0.629. The van der Waals surface area contributed by atoms with E-state index in [1.165, 1.54) is 0 Å². The maximum atomic E-state index is 6.11. The van der Waals surface area contributed by atoms with Gasteiger partial charge in [0.05, 0.1) is 18.5 Å². The second kappa shape index (κ2) is 8.00. The van der Waals surface area contributed by atoms with Gasteiger partial charge in [-0.1, -0.05) is 23.7 Å². The Hall–Kier alpha value is -2.57. The number of aromatic nitrogens is 2. The van der Waals surface area contributed by atoms with Crippen LogP contribution in [-0.4, -0.2) is 21.8 Å². The largest absolute Gasteiger partial charge is 0.495 e. The second-order valence-corrected chi connectivity index (χ2v) is 6.11. The Morgan fingerprint density at radius 2 is 2.04 bits per heavy atom. The lowest BCUT2D eigenvalue weighted by atomic mass is 10.2. The molecule has 1 heterocycles. The lowest BCUT2D eigenvalue weighted by Crippen LogP contribution is -2.27. The molecule has 7 heteroatoms. The van der Waals surface area contributed by atoms with Gasteiger partial charge >= 0.3 is 0 Å². The van der Waals surface area contributed by atoms with Gasteiger partial charge < -0.3 is 19.9 Å². The molecule has 0 atom stereocenters. The van der Waals surface area contributed by atoms with Crippen molar-refractivity contribution in [3.05, 3.63) is 71.8 Å². The van der Waals surface area contributed by atoms with Crippen LogP contribution in [0.25, 0.3) is 5.69 Å². The molecule has 3 rings (SSSR count). The Labute approximate surface area is 156 Å². The van der Waals surface area contributed by atoms with E-state index in [1.54, 1.807) is 31.8 Å². The van der Waals surface area contributed by atoms with Gasteiger partial charge in [-0.2, -0.15) is 0 Å². The third-order valence-corrected chi connectivity index (χ3v) is 4.14. The van der Waals surface area contributed by atoms with E-state index in [9.17, 15) is 0 Å². The fourth-order valence-corrected chi connectivity index (χ4v) is 2.75. The summed E-state index contributed by atoms with van der Waals surface area (Å²) >= 11 is 11.4. The highest BCUT2D eigenvalue weighted by molar-refractivity contribution is 7.80. The maximum Gasteiger partial charge on any atom is 0.171 e. The first kappa shape index (κ1) is 17.3. The zero-order valence-corrected chi connectivity index (χ0v) is 15.1. The van der Waals surface area contributed by atoms with Crippen molar-refractivity contribution in [3.8, 4) is 11.4 Å². The molecule has 5 nitrogen and oxygen atoms in total. The van der Waals surface area contributed by atoms with E-state index < -0.39 is 0 Å². The molecule has 1 aromatic heterocycles. The van der Waals surface area contributed by atoms with E-state index in [2.05, 4.69) is 27.8 Å². The van der Waals surface area contributed by atoms with Gasteiger partial charge in [-0.3, -0.25) is 0 Å². The van der Waals surface area contributed by atoms with E-state index in [4.69, 9.17) is 28.6 Å². The van der Waals surface area contributed by atoms with Gasteiger partial charge in [0.1, 0.15) is 5.75 Å². The van der Waals surface area contributed by atoms with Crippen molar-refractivity contribution in [1.82, 2.24) is 14.9 Å².